The van der Waals surface area contributed by atoms with Crippen molar-refractivity contribution in [3.05, 3.63) is 72.2 Å². The average Bonchev–Trinajstić information content (AvgIpc) is 3.39. The summed E-state index contributed by atoms with van der Waals surface area (Å²) in [6.07, 6.45) is 12.0. The van der Waals surface area contributed by atoms with Gasteiger partial charge >= 0.3 is 0 Å². The van der Waals surface area contributed by atoms with Crippen molar-refractivity contribution in [2.45, 2.75) is 25.7 Å². The van der Waals surface area contributed by atoms with E-state index in [0.29, 0.717) is 16.8 Å². The summed E-state index contributed by atoms with van der Waals surface area (Å²) >= 11 is 0. The number of benzene rings is 1. The number of pyridine rings is 2. The van der Waals surface area contributed by atoms with Crippen LogP contribution in [0.4, 0.5) is 5.82 Å². The first-order chi connectivity index (χ1) is 19.4. The molecule has 0 aliphatic carbocycles. The molecule has 4 heterocycles. The molecule has 9 heteroatoms. The number of primary amides is 1. The Morgan fingerprint density at radius 3 is 2.52 bits per heavy atom. The number of hydrogen-bond acceptors (Lipinski definition) is 7. The number of nitrogens with two attached hydrogens (primary N) is 1. The highest BCUT2D eigenvalue weighted by atomic mass is 16.5. The van der Waals surface area contributed by atoms with Gasteiger partial charge in [0.05, 0.1) is 36.5 Å². The molecule has 5 rings (SSSR count). The summed E-state index contributed by atoms with van der Waals surface area (Å²) < 4.78 is 12.5. The molecule has 1 aromatic carbocycles. The van der Waals surface area contributed by atoms with Crippen LogP contribution in [0.25, 0.3) is 16.6 Å². The van der Waals surface area contributed by atoms with Crippen molar-refractivity contribution in [1.82, 2.24) is 14.6 Å². The molecule has 0 bridgehead atoms. The summed E-state index contributed by atoms with van der Waals surface area (Å²) in [6, 6.07) is 15.6. The van der Waals surface area contributed by atoms with Gasteiger partial charge < -0.3 is 20.1 Å². The molecular formula is C31H30N6O3. The van der Waals surface area contributed by atoms with Gasteiger partial charge in [-0.2, -0.15) is 10.4 Å². The number of ether oxygens (including phenoxy) is 2. The monoisotopic (exact) mass is 534 g/mol. The number of carbonyl (C=O) groups excluding carboxylic acids is 1. The number of amides is 1. The van der Waals surface area contributed by atoms with Crippen molar-refractivity contribution in [1.29, 1.82) is 5.26 Å². The van der Waals surface area contributed by atoms with E-state index in [9.17, 15) is 10.1 Å². The molecule has 2 N–H and O–H groups in total. The summed E-state index contributed by atoms with van der Waals surface area (Å²) in [6.45, 7) is 3.74. The highest BCUT2D eigenvalue weighted by Crippen LogP contribution is 2.45. The minimum absolute atomic E-state index is 0.122. The second kappa shape index (κ2) is 11.0. The standard InChI is InChI=1S/C31H30N6O3/c1-4-15-40-25-16-26(29-23(17-32)19-35-37(29)20-25)22-7-10-27(34-18-22)36-13-11-31(2,12-14-36)28(30(33)38)21-5-8-24(39-3)9-6-21/h1,5-10,16,18-20,28H,11-15H2,2-3H3,(H2,33,38). The van der Waals surface area contributed by atoms with Crippen molar-refractivity contribution in [2.24, 2.45) is 11.1 Å². The zero-order valence-corrected chi connectivity index (χ0v) is 22.5. The lowest BCUT2D eigenvalue weighted by atomic mass is 9.67. The minimum atomic E-state index is -0.396. The van der Waals surface area contributed by atoms with Gasteiger partial charge in [-0.25, -0.2) is 9.50 Å². The Kier molecular flexibility index (Phi) is 7.31. The van der Waals surface area contributed by atoms with Crippen LogP contribution in [0.15, 0.2) is 61.1 Å². The predicted molar refractivity (Wildman–Crippen MR) is 152 cm³/mol. The molecule has 1 fully saturated rings. The SMILES string of the molecule is C#CCOc1cc(-c2ccc(N3CCC(C)(C(C(N)=O)c4ccc(OC)cc4)CC3)nc2)c2c(C#N)cnn2c1. The summed E-state index contributed by atoms with van der Waals surface area (Å²) in [5, 5.41) is 13.9. The van der Waals surface area contributed by atoms with Gasteiger partial charge in [0.1, 0.15) is 30.0 Å². The van der Waals surface area contributed by atoms with Crippen molar-refractivity contribution in [3.63, 3.8) is 0 Å². The highest BCUT2D eigenvalue weighted by Gasteiger charge is 2.41. The van der Waals surface area contributed by atoms with Crippen molar-refractivity contribution in [3.8, 4) is 41.0 Å². The van der Waals surface area contributed by atoms with Gasteiger partial charge in [-0.15, -0.1) is 6.42 Å². The van der Waals surface area contributed by atoms with E-state index < -0.39 is 5.92 Å². The minimum Gasteiger partial charge on any atom is -0.497 e. The molecule has 1 atom stereocenters. The summed E-state index contributed by atoms with van der Waals surface area (Å²) in [4.78, 5) is 19.6. The van der Waals surface area contributed by atoms with Crippen LogP contribution in [-0.4, -0.2) is 47.3 Å². The number of nitriles is 1. The van der Waals surface area contributed by atoms with Crippen LogP contribution in [0.2, 0.25) is 0 Å². The largest absolute Gasteiger partial charge is 0.497 e. The number of anilines is 1. The molecule has 1 saturated heterocycles. The first kappa shape index (κ1) is 26.6. The molecule has 1 amide bonds. The molecular weight excluding hydrogens is 504 g/mol. The predicted octanol–water partition coefficient (Wildman–Crippen LogP) is 4.16. The first-order valence-electron chi connectivity index (χ1n) is 13.0. The number of aromatic nitrogens is 3. The van der Waals surface area contributed by atoms with Gasteiger partial charge in [-0.05, 0) is 54.2 Å². The molecule has 1 unspecified atom stereocenters. The van der Waals surface area contributed by atoms with Gasteiger partial charge in [0.15, 0.2) is 0 Å². The number of nitrogens with zero attached hydrogens (tertiary/aromatic N) is 5. The third kappa shape index (κ3) is 5.02. The maximum Gasteiger partial charge on any atom is 0.225 e. The lowest BCUT2D eigenvalue weighted by Crippen LogP contribution is -2.45. The fraction of sp³-hybridized carbons (Fsp3) is 0.290. The third-order valence-corrected chi connectivity index (χ3v) is 7.75. The van der Waals surface area contributed by atoms with Crippen LogP contribution in [0.5, 0.6) is 11.5 Å². The maximum atomic E-state index is 12.6. The van der Waals surface area contributed by atoms with Crippen LogP contribution in [0, 0.1) is 29.1 Å². The Morgan fingerprint density at radius 2 is 1.93 bits per heavy atom. The Labute approximate surface area is 233 Å². The van der Waals surface area contributed by atoms with Gasteiger partial charge in [-0.1, -0.05) is 25.0 Å². The molecule has 4 aromatic rings. The molecule has 202 valence electrons. The molecule has 1 aliphatic rings. The third-order valence-electron chi connectivity index (χ3n) is 7.75. The Hall–Kier alpha value is -5.02. The van der Waals surface area contributed by atoms with Gasteiger partial charge in [0.25, 0.3) is 0 Å². The number of piperidine rings is 1. The van der Waals surface area contributed by atoms with Crippen LogP contribution < -0.4 is 20.1 Å². The highest BCUT2D eigenvalue weighted by molar-refractivity contribution is 5.85. The van der Waals surface area contributed by atoms with E-state index in [0.717, 1.165) is 54.2 Å². The summed E-state index contributed by atoms with van der Waals surface area (Å²) in [5.41, 5.74) is 9.28. The average molecular weight is 535 g/mol. The number of hydrogen-bond donors (Lipinski definition) is 1. The zero-order chi connectivity index (χ0) is 28.3. The summed E-state index contributed by atoms with van der Waals surface area (Å²) in [5.74, 6) is 3.88. The van der Waals surface area contributed by atoms with E-state index >= 15 is 0 Å². The smallest absolute Gasteiger partial charge is 0.225 e. The molecule has 0 saturated carbocycles. The van der Waals surface area contributed by atoms with E-state index in [1.165, 1.54) is 6.20 Å². The molecule has 3 aromatic heterocycles. The van der Waals surface area contributed by atoms with Crippen molar-refractivity contribution >= 4 is 17.2 Å². The fourth-order valence-corrected chi connectivity index (χ4v) is 5.58. The van der Waals surface area contributed by atoms with E-state index in [1.807, 2.05) is 42.5 Å². The molecule has 1 aliphatic heterocycles. The van der Waals surface area contributed by atoms with Gasteiger partial charge in [0, 0.05) is 30.4 Å². The van der Waals surface area contributed by atoms with Gasteiger partial charge in [-0.3, -0.25) is 4.79 Å². The Bertz CT molecular complexity index is 1600. The van der Waals surface area contributed by atoms with Crippen LogP contribution in [-0.2, 0) is 4.79 Å². The molecule has 0 spiro atoms. The molecule has 9 nitrogen and oxygen atoms in total. The molecule has 40 heavy (non-hydrogen) atoms. The van der Waals surface area contributed by atoms with Crippen LogP contribution in [0.3, 0.4) is 0 Å². The van der Waals surface area contributed by atoms with E-state index in [1.54, 1.807) is 24.0 Å². The number of methoxy groups -OCH3 is 1. The Morgan fingerprint density at radius 1 is 1.18 bits per heavy atom. The number of fused-ring (bicyclic) bond motifs is 1. The van der Waals surface area contributed by atoms with E-state index in [-0.39, 0.29) is 17.9 Å². The fourth-order valence-electron chi connectivity index (χ4n) is 5.58. The van der Waals surface area contributed by atoms with Crippen molar-refractivity contribution < 1.29 is 14.3 Å². The number of terminal acetylenes is 1. The maximum absolute atomic E-state index is 12.6. The second-order valence-corrected chi connectivity index (χ2v) is 10.2. The number of carbonyl (C=O) groups is 1. The van der Waals surface area contributed by atoms with E-state index in [4.69, 9.17) is 26.6 Å². The lowest BCUT2D eigenvalue weighted by Gasteiger charge is -2.43. The normalized spacial score (nSPS) is 15.2. The topological polar surface area (TPSA) is 119 Å². The lowest BCUT2D eigenvalue weighted by molar-refractivity contribution is -0.122. The van der Waals surface area contributed by atoms with E-state index in [2.05, 4.69) is 28.9 Å². The van der Waals surface area contributed by atoms with Gasteiger partial charge in [0.2, 0.25) is 5.91 Å². The second-order valence-electron chi connectivity index (χ2n) is 10.2. The van der Waals surface area contributed by atoms with Crippen molar-refractivity contribution in [2.75, 3.05) is 31.7 Å². The first-order valence-corrected chi connectivity index (χ1v) is 13.0. The zero-order valence-electron chi connectivity index (χ0n) is 22.5. The Balaban J connectivity index is 1.36. The quantitative estimate of drug-likeness (QED) is 0.337. The summed E-state index contributed by atoms with van der Waals surface area (Å²) in [7, 11) is 1.62. The number of rotatable bonds is 8. The molecule has 0 radical (unpaired) electrons. The van der Waals surface area contributed by atoms with Crippen LogP contribution in [0.1, 0.15) is 36.8 Å². The van der Waals surface area contributed by atoms with Crippen LogP contribution >= 0.6 is 0 Å².